The van der Waals surface area contributed by atoms with Crippen LogP contribution in [0.3, 0.4) is 0 Å². The SMILES string of the molecule is O=CCC1(CCc2ccccc2)CC1. The maximum atomic E-state index is 10.5. The molecule has 0 bridgehead atoms. The van der Waals surface area contributed by atoms with Crippen LogP contribution in [-0.2, 0) is 11.2 Å². The van der Waals surface area contributed by atoms with Gasteiger partial charge in [-0.05, 0) is 36.7 Å². The second kappa shape index (κ2) is 3.95. The van der Waals surface area contributed by atoms with E-state index in [1.807, 2.05) is 6.07 Å². The van der Waals surface area contributed by atoms with Gasteiger partial charge in [0.15, 0.2) is 0 Å². The Hall–Kier alpha value is -1.11. The molecule has 0 spiro atoms. The van der Waals surface area contributed by atoms with Gasteiger partial charge in [-0.1, -0.05) is 30.3 Å². The van der Waals surface area contributed by atoms with E-state index in [0.29, 0.717) is 5.41 Å². The van der Waals surface area contributed by atoms with Gasteiger partial charge in [-0.2, -0.15) is 0 Å². The molecule has 1 aliphatic carbocycles. The predicted molar refractivity (Wildman–Crippen MR) is 57.1 cm³/mol. The molecule has 0 atom stereocenters. The molecule has 0 heterocycles. The van der Waals surface area contributed by atoms with Gasteiger partial charge < -0.3 is 4.79 Å². The first-order valence-electron chi connectivity index (χ1n) is 5.32. The molecule has 0 radical (unpaired) electrons. The fourth-order valence-electron chi connectivity index (χ4n) is 1.96. The minimum absolute atomic E-state index is 0.386. The first-order valence-corrected chi connectivity index (χ1v) is 5.32. The van der Waals surface area contributed by atoms with Crippen LogP contribution in [0.4, 0.5) is 0 Å². The maximum Gasteiger partial charge on any atom is 0.120 e. The maximum absolute atomic E-state index is 10.5. The van der Waals surface area contributed by atoms with E-state index in [1.165, 1.54) is 24.8 Å². The molecule has 0 aliphatic heterocycles. The summed E-state index contributed by atoms with van der Waals surface area (Å²) in [6.45, 7) is 0. The molecule has 1 saturated carbocycles. The first-order chi connectivity index (χ1) is 6.85. The molecular weight excluding hydrogens is 172 g/mol. The van der Waals surface area contributed by atoms with E-state index in [-0.39, 0.29) is 0 Å². The highest BCUT2D eigenvalue weighted by atomic mass is 16.1. The molecular formula is C13H16O. The van der Waals surface area contributed by atoms with Crippen LogP contribution in [0.2, 0.25) is 0 Å². The van der Waals surface area contributed by atoms with Gasteiger partial charge in [0, 0.05) is 6.42 Å². The van der Waals surface area contributed by atoms with E-state index in [9.17, 15) is 4.79 Å². The van der Waals surface area contributed by atoms with Crippen molar-refractivity contribution < 1.29 is 4.79 Å². The third-order valence-corrected chi connectivity index (χ3v) is 3.26. The molecule has 1 aliphatic rings. The predicted octanol–water partition coefficient (Wildman–Crippen LogP) is 2.99. The average Bonchev–Trinajstić information content (AvgIpc) is 2.98. The van der Waals surface area contributed by atoms with Crippen LogP contribution in [0, 0.1) is 5.41 Å². The summed E-state index contributed by atoms with van der Waals surface area (Å²) in [4.78, 5) is 10.5. The summed E-state index contributed by atoms with van der Waals surface area (Å²) in [5, 5.41) is 0. The number of hydrogen-bond donors (Lipinski definition) is 0. The molecule has 1 aromatic rings. The number of hydrogen-bond acceptors (Lipinski definition) is 1. The minimum Gasteiger partial charge on any atom is -0.303 e. The highest BCUT2D eigenvalue weighted by Crippen LogP contribution is 2.51. The second-order valence-corrected chi connectivity index (χ2v) is 4.36. The number of rotatable bonds is 5. The summed E-state index contributed by atoms with van der Waals surface area (Å²) in [5.74, 6) is 0. The number of aryl methyl sites for hydroxylation is 1. The van der Waals surface area contributed by atoms with Crippen LogP contribution in [0.5, 0.6) is 0 Å². The van der Waals surface area contributed by atoms with E-state index < -0.39 is 0 Å². The quantitative estimate of drug-likeness (QED) is 0.649. The molecule has 1 fully saturated rings. The van der Waals surface area contributed by atoms with Gasteiger partial charge >= 0.3 is 0 Å². The van der Waals surface area contributed by atoms with E-state index >= 15 is 0 Å². The van der Waals surface area contributed by atoms with Crippen LogP contribution < -0.4 is 0 Å². The highest BCUT2D eigenvalue weighted by molar-refractivity contribution is 5.51. The van der Waals surface area contributed by atoms with Crippen molar-refractivity contribution in [1.82, 2.24) is 0 Å². The summed E-state index contributed by atoms with van der Waals surface area (Å²) in [7, 11) is 0. The normalized spacial score (nSPS) is 17.7. The summed E-state index contributed by atoms with van der Waals surface area (Å²) >= 11 is 0. The standard InChI is InChI=1S/C13H16O/c14-11-10-13(8-9-13)7-6-12-4-2-1-3-5-12/h1-5,11H,6-10H2. The minimum atomic E-state index is 0.386. The lowest BCUT2D eigenvalue weighted by molar-refractivity contribution is -0.108. The first kappa shape index (κ1) is 9.45. The number of carbonyl (C=O) groups excluding carboxylic acids is 1. The van der Waals surface area contributed by atoms with Crippen molar-refractivity contribution in [2.75, 3.05) is 0 Å². The Balaban J connectivity index is 1.86. The molecule has 0 saturated heterocycles. The van der Waals surface area contributed by atoms with Gasteiger partial charge in [0.25, 0.3) is 0 Å². The Morgan fingerprint density at radius 1 is 1.21 bits per heavy atom. The molecule has 74 valence electrons. The van der Waals surface area contributed by atoms with Crippen molar-refractivity contribution in [2.45, 2.75) is 32.1 Å². The summed E-state index contributed by atoms with van der Waals surface area (Å²) in [6.07, 6.45) is 6.64. The van der Waals surface area contributed by atoms with Crippen LogP contribution in [-0.4, -0.2) is 6.29 Å². The van der Waals surface area contributed by atoms with Crippen molar-refractivity contribution >= 4 is 6.29 Å². The van der Waals surface area contributed by atoms with Crippen molar-refractivity contribution in [2.24, 2.45) is 5.41 Å². The molecule has 0 N–H and O–H groups in total. The second-order valence-electron chi connectivity index (χ2n) is 4.36. The monoisotopic (exact) mass is 188 g/mol. The van der Waals surface area contributed by atoms with E-state index in [1.54, 1.807) is 0 Å². The van der Waals surface area contributed by atoms with Crippen LogP contribution in [0.1, 0.15) is 31.2 Å². The third kappa shape index (κ3) is 2.22. The zero-order valence-electron chi connectivity index (χ0n) is 8.41. The summed E-state index contributed by atoms with van der Waals surface area (Å²) < 4.78 is 0. The Labute approximate surface area is 85.1 Å². The van der Waals surface area contributed by atoms with Gasteiger partial charge in [-0.25, -0.2) is 0 Å². The Morgan fingerprint density at radius 2 is 1.93 bits per heavy atom. The van der Waals surface area contributed by atoms with Crippen molar-refractivity contribution in [1.29, 1.82) is 0 Å². The van der Waals surface area contributed by atoms with Crippen LogP contribution in [0.15, 0.2) is 30.3 Å². The van der Waals surface area contributed by atoms with Gasteiger partial charge in [-0.15, -0.1) is 0 Å². The molecule has 2 rings (SSSR count). The van der Waals surface area contributed by atoms with Crippen molar-refractivity contribution in [3.63, 3.8) is 0 Å². The van der Waals surface area contributed by atoms with Gasteiger partial charge in [-0.3, -0.25) is 0 Å². The van der Waals surface area contributed by atoms with Gasteiger partial charge in [0.05, 0.1) is 0 Å². The summed E-state index contributed by atoms with van der Waals surface area (Å²) in [5.41, 5.74) is 1.78. The van der Waals surface area contributed by atoms with Crippen molar-refractivity contribution in [3.05, 3.63) is 35.9 Å². The molecule has 0 amide bonds. The lowest BCUT2D eigenvalue weighted by atomic mass is 9.94. The third-order valence-electron chi connectivity index (χ3n) is 3.26. The number of benzene rings is 1. The highest BCUT2D eigenvalue weighted by Gasteiger charge is 2.41. The largest absolute Gasteiger partial charge is 0.303 e. The lowest BCUT2D eigenvalue weighted by Crippen LogP contribution is -2.02. The molecule has 1 nitrogen and oxygen atoms in total. The summed E-state index contributed by atoms with van der Waals surface area (Å²) in [6, 6.07) is 10.5. The Morgan fingerprint density at radius 3 is 2.50 bits per heavy atom. The number of aldehydes is 1. The topological polar surface area (TPSA) is 17.1 Å². The fraction of sp³-hybridized carbons (Fsp3) is 0.462. The van der Waals surface area contributed by atoms with E-state index in [4.69, 9.17) is 0 Å². The van der Waals surface area contributed by atoms with E-state index in [2.05, 4.69) is 24.3 Å². The van der Waals surface area contributed by atoms with Crippen LogP contribution >= 0.6 is 0 Å². The van der Waals surface area contributed by atoms with E-state index in [0.717, 1.165) is 19.1 Å². The zero-order chi connectivity index (χ0) is 9.86. The van der Waals surface area contributed by atoms with Crippen LogP contribution in [0.25, 0.3) is 0 Å². The molecule has 0 aromatic heterocycles. The van der Waals surface area contributed by atoms with Gasteiger partial charge in [0.2, 0.25) is 0 Å². The molecule has 1 heteroatoms. The van der Waals surface area contributed by atoms with Gasteiger partial charge in [0.1, 0.15) is 6.29 Å². The Bertz CT molecular complexity index is 298. The van der Waals surface area contributed by atoms with Crippen molar-refractivity contribution in [3.8, 4) is 0 Å². The fourth-order valence-corrected chi connectivity index (χ4v) is 1.96. The Kier molecular flexibility index (Phi) is 2.67. The lowest BCUT2D eigenvalue weighted by Gasteiger charge is -2.10. The zero-order valence-corrected chi connectivity index (χ0v) is 8.41. The smallest absolute Gasteiger partial charge is 0.120 e. The average molecular weight is 188 g/mol. The molecule has 1 aromatic carbocycles. The molecule has 0 unspecified atom stereocenters. The molecule has 14 heavy (non-hydrogen) atoms. The number of carbonyl (C=O) groups is 1.